The Bertz CT molecular complexity index is 168. The van der Waals surface area contributed by atoms with Crippen LogP contribution in [-0.2, 0) is 0 Å². The number of hydrogen-bond donors (Lipinski definition) is 2. The summed E-state index contributed by atoms with van der Waals surface area (Å²) < 4.78 is 0. The molecule has 0 aromatic carbocycles. The summed E-state index contributed by atoms with van der Waals surface area (Å²) in [7, 11) is 0. The number of aliphatic imine (C=N–C) groups is 1. The molecular formula is C8H15N3. The SMILES string of the molecule is C/C=C\C(N=CN)/C(C)=C/N. The van der Waals surface area contributed by atoms with Crippen molar-refractivity contribution in [2.75, 3.05) is 0 Å². The summed E-state index contributed by atoms with van der Waals surface area (Å²) in [6, 6.07) is -0.00463. The molecule has 0 aromatic rings. The van der Waals surface area contributed by atoms with Gasteiger partial charge in [0, 0.05) is 0 Å². The fourth-order valence-electron chi connectivity index (χ4n) is 0.693. The summed E-state index contributed by atoms with van der Waals surface area (Å²) in [5.74, 6) is 0. The van der Waals surface area contributed by atoms with Gasteiger partial charge in [-0.05, 0) is 25.6 Å². The van der Waals surface area contributed by atoms with E-state index >= 15 is 0 Å². The van der Waals surface area contributed by atoms with Crippen molar-refractivity contribution in [1.29, 1.82) is 0 Å². The van der Waals surface area contributed by atoms with E-state index < -0.39 is 0 Å². The topological polar surface area (TPSA) is 64.4 Å². The maximum absolute atomic E-state index is 5.32. The van der Waals surface area contributed by atoms with Gasteiger partial charge < -0.3 is 11.5 Å². The van der Waals surface area contributed by atoms with Crippen LogP contribution in [-0.4, -0.2) is 12.4 Å². The summed E-state index contributed by atoms with van der Waals surface area (Å²) in [6.45, 7) is 3.85. The smallest absolute Gasteiger partial charge is 0.0921 e. The molecule has 3 nitrogen and oxygen atoms in total. The Kier molecular flexibility index (Phi) is 4.90. The van der Waals surface area contributed by atoms with Crippen LogP contribution in [0.4, 0.5) is 0 Å². The van der Waals surface area contributed by atoms with E-state index in [9.17, 15) is 0 Å². The van der Waals surface area contributed by atoms with Gasteiger partial charge in [0.1, 0.15) is 0 Å². The van der Waals surface area contributed by atoms with Gasteiger partial charge in [0.05, 0.1) is 12.4 Å². The third-order valence-corrected chi connectivity index (χ3v) is 1.35. The highest BCUT2D eigenvalue weighted by Crippen LogP contribution is 2.05. The van der Waals surface area contributed by atoms with Gasteiger partial charge in [-0.1, -0.05) is 12.2 Å². The summed E-state index contributed by atoms with van der Waals surface area (Å²) in [5, 5.41) is 0. The zero-order valence-corrected chi connectivity index (χ0v) is 6.99. The molecule has 0 spiro atoms. The normalized spacial score (nSPS) is 16.4. The van der Waals surface area contributed by atoms with Gasteiger partial charge in [-0.25, -0.2) is 0 Å². The van der Waals surface area contributed by atoms with Crippen molar-refractivity contribution in [3.8, 4) is 0 Å². The molecule has 11 heavy (non-hydrogen) atoms. The lowest BCUT2D eigenvalue weighted by Crippen LogP contribution is -2.06. The van der Waals surface area contributed by atoms with Gasteiger partial charge in [-0.15, -0.1) is 0 Å². The van der Waals surface area contributed by atoms with Crippen molar-refractivity contribution in [2.24, 2.45) is 16.5 Å². The fraction of sp³-hybridized carbons (Fsp3) is 0.375. The molecular weight excluding hydrogens is 138 g/mol. The van der Waals surface area contributed by atoms with Gasteiger partial charge in [0.15, 0.2) is 0 Å². The van der Waals surface area contributed by atoms with Crippen molar-refractivity contribution < 1.29 is 0 Å². The Labute approximate surface area is 67.5 Å². The Morgan fingerprint density at radius 2 is 2.09 bits per heavy atom. The first kappa shape index (κ1) is 9.75. The summed E-state index contributed by atoms with van der Waals surface area (Å²) >= 11 is 0. The van der Waals surface area contributed by atoms with Gasteiger partial charge >= 0.3 is 0 Å². The minimum atomic E-state index is -0.00463. The molecule has 0 amide bonds. The van der Waals surface area contributed by atoms with Gasteiger partial charge in [-0.3, -0.25) is 4.99 Å². The second-order valence-electron chi connectivity index (χ2n) is 2.18. The number of allylic oxidation sites excluding steroid dienone is 1. The first-order chi connectivity index (χ1) is 5.26. The molecule has 0 rings (SSSR count). The molecule has 0 fully saturated rings. The summed E-state index contributed by atoms with van der Waals surface area (Å²) in [6.07, 6.45) is 6.68. The first-order valence-corrected chi connectivity index (χ1v) is 3.50. The van der Waals surface area contributed by atoms with Crippen LogP contribution < -0.4 is 11.5 Å². The third-order valence-electron chi connectivity index (χ3n) is 1.35. The quantitative estimate of drug-likeness (QED) is 0.357. The Balaban J connectivity index is 4.33. The van der Waals surface area contributed by atoms with Crippen LogP contribution in [0.25, 0.3) is 0 Å². The molecule has 0 aliphatic rings. The van der Waals surface area contributed by atoms with Crippen molar-refractivity contribution >= 4 is 6.34 Å². The highest BCUT2D eigenvalue weighted by Gasteiger charge is 2.00. The van der Waals surface area contributed by atoms with E-state index in [4.69, 9.17) is 11.5 Å². The average Bonchev–Trinajstić information content (AvgIpc) is 2.03. The van der Waals surface area contributed by atoms with Crippen LogP contribution in [0, 0.1) is 0 Å². The van der Waals surface area contributed by atoms with E-state index in [1.54, 1.807) is 0 Å². The van der Waals surface area contributed by atoms with Crippen LogP contribution in [0.3, 0.4) is 0 Å². The number of nitrogens with two attached hydrogens (primary N) is 2. The van der Waals surface area contributed by atoms with Gasteiger partial charge in [-0.2, -0.15) is 0 Å². The lowest BCUT2D eigenvalue weighted by atomic mass is 10.1. The van der Waals surface area contributed by atoms with Crippen LogP contribution in [0.2, 0.25) is 0 Å². The zero-order chi connectivity index (χ0) is 8.69. The van der Waals surface area contributed by atoms with Crippen molar-refractivity contribution in [2.45, 2.75) is 19.9 Å². The largest absolute Gasteiger partial charge is 0.405 e. The molecule has 0 heterocycles. The fourth-order valence-corrected chi connectivity index (χ4v) is 0.693. The second-order valence-corrected chi connectivity index (χ2v) is 2.18. The number of hydrogen-bond acceptors (Lipinski definition) is 2. The van der Waals surface area contributed by atoms with Crippen molar-refractivity contribution in [1.82, 2.24) is 0 Å². The van der Waals surface area contributed by atoms with Crippen molar-refractivity contribution in [3.05, 3.63) is 23.9 Å². The minimum absolute atomic E-state index is 0.00463. The molecule has 62 valence electrons. The molecule has 4 N–H and O–H groups in total. The van der Waals surface area contributed by atoms with Crippen LogP contribution >= 0.6 is 0 Å². The third kappa shape index (κ3) is 3.45. The standard InChI is InChI=1S/C8H15N3/c1-3-4-8(11-6-10)7(2)5-9/h3-6,8H,9H2,1-2H3,(H2,10,11)/b4-3-,7-5+. The van der Waals surface area contributed by atoms with E-state index in [1.165, 1.54) is 12.5 Å². The van der Waals surface area contributed by atoms with E-state index in [-0.39, 0.29) is 6.04 Å². The molecule has 0 saturated carbocycles. The minimum Gasteiger partial charge on any atom is -0.405 e. The van der Waals surface area contributed by atoms with E-state index in [0.29, 0.717) is 0 Å². The zero-order valence-electron chi connectivity index (χ0n) is 6.99. The van der Waals surface area contributed by atoms with Gasteiger partial charge in [0.25, 0.3) is 0 Å². The van der Waals surface area contributed by atoms with Crippen LogP contribution in [0.15, 0.2) is 28.9 Å². The number of nitrogens with zero attached hydrogens (tertiary/aromatic N) is 1. The van der Waals surface area contributed by atoms with E-state index in [1.807, 2.05) is 26.0 Å². The molecule has 0 aromatic heterocycles. The second kappa shape index (κ2) is 5.53. The summed E-state index contributed by atoms with van der Waals surface area (Å²) in [4.78, 5) is 4.00. The maximum atomic E-state index is 5.32. The molecule has 1 atom stereocenters. The average molecular weight is 153 g/mol. The lowest BCUT2D eigenvalue weighted by molar-refractivity contribution is 0.944. The monoisotopic (exact) mass is 153 g/mol. The highest BCUT2D eigenvalue weighted by atomic mass is 14.8. The van der Waals surface area contributed by atoms with E-state index in [2.05, 4.69) is 4.99 Å². The molecule has 0 aliphatic heterocycles. The predicted octanol–water partition coefficient (Wildman–Crippen LogP) is 0.781. The van der Waals surface area contributed by atoms with E-state index in [0.717, 1.165) is 5.57 Å². The molecule has 1 unspecified atom stereocenters. The lowest BCUT2D eigenvalue weighted by Gasteiger charge is -2.05. The predicted molar refractivity (Wildman–Crippen MR) is 49.2 cm³/mol. The molecule has 0 saturated heterocycles. The maximum Gasteiger partial charge on any atom is 0.0921 e. The number of rotatable bonds is 3. The Morgan fingerprint density at radius 1 is 1.45 bits per heavy atom. The Morgan fingerprint density at radius 3 is 2.45 bits per heavy atom. The highest BCUT2D eigenvalue weighted by molar-refractivity contribution is 5.52. The molecule has 0 aliphatic carbocycles. The van der Waals surface area contributed by atoms with Crippen LogP contribution in [0.1, 0.15) is 13.8 Å². The summed E-state index contributed by atoms with van der Waals surface area (Å²) in [5.41, 5.74) is 11.5. The molecule has 3 heteroatoms. The Hall–Kier alpha value is -1.25. The van der Waals surface area contributed by atoms with Crippen molar-refractivity contribution in [3.63, 3.8) is 0 Å². The van der Waals surface area contributed by atoms with Crippen LogP contribution in [0.5, 0.6) is 0 Å². The first-order valence-electron chi connectivity index (χ1n) is 3.50. The molecule has 0 bridgehead atoms. The van der Waals surface area contributed by atoms with Gasteiger partial charge in [0.2, 0.25) is 0 Å². The molecule has 0 radical (unpaired) electrons.